The van der Waals surface area contributed by atoms with E-state index in [-0.39, 0.29) is 6.10 Å². The number of hydrogen-bond acceptors (Lipinski definition) is 2. The van der Waals surface area contributed by atoms with Crippen LogP contribution in [0.1, 0.15) is 18.4 Å². The van der Waals surface area contributed by atoms with Crippen LogP contribution in [0, 0.1) is 5.92 Å². The van der Waals surface area contributed by atoms with E-state index in [1.807, 2.05) is 0 Å². The van der Waals surface area contributed by atoms with Crippen LogP contribution >= 0.6 is 0 Å². The van der Waals surface area contributed by atoms with Crippen LogP contribution in [0.4, 0.5) is 13.2 Å². The van der Waals surface area contributed by atoms with E-state index in [1.165, 1.54) is 6.07 Å². The van der Waals surface area contributed by atoms with Gasteiger partial charge in [-0.3, -0.25) is 4.90 Å². The van der Waals surface area contributed by atoms with E-state index in [4.69, 9.17) is 4.74 Å². The van der Waals surface area contributed by atoms with Crippen LogP contribution in [0.25, 0.3) is 0 Å². The molecule has 3 aliphatic rings. The Morgan fingerprint density at radius 1 is 1.16 bits per heavy atom. The number of piperidine rings is 3. The maximum Gasteiger partial charge on any atom is 0.416 e. The van der Waals surface area contributed by atoms with E-state index in [2.05, 4.69) is 4.90 Å². The first-order chi connectivity index (χ1) is 9.02. The summed E-state index contributed by atoms with van der Waals surface area (Å²) in [5.41, 5.74) is -0.647. The second-order valence-corrected chi connectivity index (χ2v) is 5.32. The lowest BCUT2D eigenvalue weighted by atomic mass is 9.86. The number of fused-ring (bicyclic) bond motifs is 3. The Hall–Kier alpha value is -1.23. The largest absolute Gasteiger partial charge is 0.489 e. The first-order valence-corrected chi connectivity index (χ1v) is 6.58. The van der Waals surface area contributed by atoms with Gasteiger partial charge >= 0.3 is 6.18 Å². The summed E-state index contributed by atoms with van der Waals surface area (Å²) >= 11 is 0. The maximum absolute atomic E-state index is 12.6. The zero-order valence-electron chi connectivity index (χ0n) is 10.5. The van der Waals surface area contributed by atoms with E-state index in [0.29, 0.717) is 11.7 Å². The van der Waals surface area contributed by atoms with Crippen molar-refractivity contribution in [2.75, 3.05) is 19.6 Å². The van der Waals surface area contributed by atoms with Crippen molar-refractivity contribution in [1.82, 2.24) is 4.90 Å². The molecule has 2 nitrogen and oxygen atoms in total. The molecule has 0 spiro atoms. The van der Waals surface area contributed by atoms with E-state index >= 15 is 0 Å². The van der Waals surface area contributed by atoms with E-state index in [1.54, 1.807) is 6.07 Å². The molecule has 3 heterocycles. The molecule has 1 aromatic carbocycles. The molecule has 3 fully saturated rings. The molecule has 5 heteroatoms. The van der Waals surface area contributed by atoms with Crippen molar-refractivity contribution < 1.29 is 17.9 Å². The Morgan fingerprint density at radius 3 is 2.47 bits per heavy atom. The Labute approximate surface area is 110 Å². The summed E-state index contributed by atoms with van der Waals surface area (Å²) in [5, 5.41) is 0. The minimum Gasteiger partial charge on any atom is -0.489 e. The zero-order valence-corrected chi connectivity index (χ0v) is 10.5. The molecule has 0 aromatic heterocycles. The van der Waals surface area contributed by atoms with Crippen molar-refractivity contribution in [3.05, 3.63) is 29.8 Å². The molecule has 3 saturated heterocycles. The fraction of sp³-hybridized carbons (Fsp3) is 0.571. The molecule has 1 aromatic rings. The molecule has 104 valence electrons. The van der Waals surface area contributed by atoms with Gasteiger partial charge in [0.15, 0.2) is 0 Å². The summed E-state index contributed by atoms with van der Waals surface area (Å²) in [5.74, 6) is 0.813. The fourth-order valence-corrected chi connectivity index (χ4v) is 2.96. The SMILES string of the molecule is FC(F)(F)c1cccc(OC2CN3CCC2CC3)c1. The van der Waals surface area contributed by atoms with Gasteiger partial charge in [0.25, 0.3) is 0 Å². The molecule has 19 heavy (non-hydrogen) atoms. The molecule has 2 bridgehead atoms. The fourth-order valence-electron chi connectivity index (χ4n) is 2.96. The third-order valence-electron chi connectivity index (χ3n) is 4.04. The second-order valence-electron chi connectivity index (χ2n) is 5.32. The van der Waals surface area contributed by atoms with Gasteiger partial charge in [0.1, 0.15) is 11.9 Å². The number of hydrogen-bond donors (Lipinski definition) is 0. The highest BCUT2D eigenvalue weighted by atomic mass is 19.4. The second kappa shape index (κ2) is 4.71. The third kappa shape index (κ3) is 2.71. The van der Waals surface area contributed by atoms with Crippen molar-refractivity contribution in [2.24, 2.45) is 5.92 Å². The summed E-state index contributed by atoms with van der Waals surface area (Å²) in [6, 6.07) is 5.17. The van der Waals surface area contributed by atoms with Gasteiger partial charge in [-0.1, -0.05) is 6.07 Å². The average Bonchev–Trinajstić information content (AvgIpc) is 2.39. The van der Waals surface area contributed by atoms with Crippen molar-refractivity contribution in [1.29, 1.82) is 0 Å². The molecule has 3 aliphatic heterocycles. The van der Waals surface area contributed by atoms with Crippen LogP contribution in [-0.2, 0) is 6.18 Å². The Bertz CT molecular complexity index is 452. The minimum atomic E-state index is -4.31. The highest BCUT2D eigenvalue weighted by molar-refractivity contribution is 5.30. The van der Waals surface area contributed by atoms with E-state index in [0.717, 1.165) is 44.6 Å². The molecule has 0 aliphatic carbocycles. The van der Waals surface area contributed by atoms with Crippen molar-refractivity contribution in [3.8, 4) is 5.75 Å². The summed E-state index contributed by atoms with van der Waals surface area (Å²) < 4.78 is 43.7. The summed E-state index contributed by atoms with van der Waals surface area (Å²) in [7, 11) is 0. The minimum absolute atomic E-state index is 0.0333. The van der Waals surface area contributed by atoms with Crippen molar-refractivity contribution >= 4 is 0 Å². The van der Waals surface area contributed by atoms with Crippen LogP contribution in [0.2, 0.25) is 0 Å². The summed E-state index contributed by atoms with van der Waals surface area (Å²) in [4.78, 5) is 2.32. The molecule has 0 amide bonds. The quantitative estimate of drug-likeness (QED) is 0.819. The van der Waals surface area contributed by atoms with Gasteiger partial charge in [0.05, 0.1) is 5.56 Å². The zero-order chi connectivity index (χ0) is 13.5. The Balaban J connectivity index is 1.73. The van der Waals surface area contributed by atoms with Crippen LogP contribution in [0.3, 0.4) is 0 Å². The van der Waals surface area contributed by atoms with Crippen LogP contribution < -0.4 is 4.74 Å². The van der Waals surface area contributed by atoms with E-state index < -0.39 is 11.7 Å². The lowest BCUT2D eigenvalue weighted by molar-refractivity contribution is -0.137. The first-order valence-electron chi connectivity index (χ1n) is 6.58. The number of halogens is 3. The highest BCUT2D eigenvalue weighted by Crippen LogP contribution is 2.34. The molecule has 1 unspecified atom stereocenters. The average molecular weight is 271 g/mol. The van der Waals surface area contributed by atoms with Gasteiger partial charge in [0, 0.05) is 6.54 Å². The maximum atomic E-state index is 12.6. The van der Waals surface area contributed by atoms with Gasteiger partial charge in [-0.15, -0.1) is 0 Å². The molecule has 0 radical (unpaired) electrons. The molecular weight excluding hydrogens is 255 g/mol. The lowest BCUT2D eigenvalue weighted by Crippen LogP contribution is -2.52. The molecule has 0 N–H and O–H groups in total. The van der Waals surface area contributed by atoms with Gasteiger partial charge in [0.2, 0.25) is 0 Å². The topological polar surface area (TPSA) is 12.5 Å². The number of rotatable bonds is 2. The summed E-state index contributed by atoms with van der Waals surface area (Å²) in [6.07, 6.45) is -2.10. The third-order valence-corrected chi connectivity index (χ3v) is 4.04. The van der Waals surface area contributed by atoms with Gasteiger partial charge < -0.3 is 4.74 Å². The highest BCUT2D eigenvalue weighted by Gasteiger charge is 2.36. The number of benzene rings is 1. The number of ether oxygens (including phenoxy) is 1. The first kappa shape index (κ1) is 12.8. The lowest BCUT2D eigenvalue weighted by Gasteiger charge is -2.44. The predicted octanol–water partition coefficient (Wildman–Crippen LogP) is 3.18. The van der Waals surface area contributed by atoms with Crippen molar-refractivity contribution in [2.45, 2.75) is 25.1 Å². The standard InChI is InChI=1S/C14H16F3NO/c15-14(16,17)11-2-1-3-12(8-11)19-13-9-18-6-4-10(13)5-7-18/h1-3,8,10,13H,4-7,9H2. The van der Waals surface area contributed by atoms with Crippen LogP contribution in [0.15, 0.2) is 24.3 Å². The van der Waals surface area contributed by atoms with Gasteiger partial charge in [-0.2, -0.15) is 13.2 Å². The number of alkyl halides is 3. The summed E-state index contributed by atoms with van der Waals surface area (Å²) in [6.45, 7) is 3.02. The monoisotopic (exact) mass is 271 g/mol. The smallest absolute Gasteiger partial charge is 0.416 e. The Morgan fingerprint density at radius 2 is 1.89 bits per heavy atom. The van der Waals surface area contributed by atoms with Crippen molar-refractivity contribution in [3.63, 3.8) is 0 Å². The van der Waals surface area contributed by atoms with Crippen LogP contribution in [0.5, 0.6) is 5.75 Å². The molecule has 0 saturated carbocycles. The number of nitrogens with zero attached hydrogens (tertiary/aromatic N) is 1. The predicted molar refractivity (Wildman–Crippen MR) is 65.0 cm³/mol. The molecular formula is C14H16F3NO. The molecule has 4 rings (SSSR count). The van der Waals surface area contributed by atoms with Gasteiger partial charge in [-0.25, -0.2) is 0 Å². The van der Waals surface area contributed by atoms with Crippen LogP contribution in [-0.4, -0.2) is 30.6 Å². The van der Waals surface area contributed by atoms with E-state index in [9.17, 15) is 13.2 Å². The van der Waals surface area contributed by atoms with Gasteiger partial charge in [-0.05, 0) is 50.0 Å². The Kier molecular flexibility index (Phi) is 3.17. The normalized spacial score (nSPS) is 30.4. The molecule has 1 atom stereocenters.